The van der Waals surface area contributed by atoms with Crippen LogP contribution in [-0.2, 0) is 0 Å². The van der Waals surface area contributed by atoms with Crippen LogP contribution in [0.25, 0.3) is 109 Å². The highest BCUT2D eigenvalue weighted by molar-refractivity contribution is 7.22. The number of aromatic nitrogens is 2. The van der Waals surface area contributed by atoms with Crippen LogP contribution < -0.4 is 0 Å². The molecule has 0 spiro atoms. The Kier molecular flexibility index (Phi) is 7.39. The highest BCUT2D eigenvalue weighted by Gasteiger charge is 2.18. The van der Waals surface area contributed by atoms with E-state index in [4.69, 9.17) is 9.97 Å². The average Bonchev–Trinajstić information content (AvgIpc) is 3.70. The Bertz CT molecular complexity index is 3240. The van der Waals surface area contributed by atoms with E-state index < -0.39 is 0 Å². The van der Waals surface area contributed by atoms with Crippen LogP contribution in [0.4, 0.5) is 0 Å². The Morgan fingerprint density at radius 3 is 1.80 bits per heavy atom. The van der Waals surface area contributed by atoms with Gasteiger partial charge in [-0.2, -0.15) is 0 Å². The van der Waals surface area contributed by atoms with Crippen LogP contribution in [0.5, 0.6) is 0 Å². The largest absolute Gasteiger partial charge is 0.228 e. The van der Waals surface area contributed by atoms with Crippen LogP contribution in [0.15, 0.2) is 194 Å². The van der Waals surface area contributed by atoms with Gasteiger partial charge in [0.15, 0.2) is 5.82 Å². The molecule has 2 nitrogen and oxygen atoms in total. The van der Waals surface area contributed by atoms with E-state index in [1.807, 2.05) is 17.4 Å². The number of rotatable bonds is 5. The zero-order valence-corrected chi connectivity index (χ0v) is 30.6. The van der Waals surface area contributed by atoms with Crippen LogP contribution in [0.2, 0.25) is 0 Å². The summed E-state index contributed by atoms with van der Waals surface area (Å²) in [5.74, 6) is 0.709. The molecule has 9 aromatic carbocycles. The van der Waals surface area contributed by atoms with Gasteiger partial charge in [-0.25, -0.2) is 9.97 Å². The van der Waals surface area contributed by atoms with Crippen molar-refractivity contribution in [2.24, 2.45) is 0 Å². The maximum Gasteiger partial charge on any atom is 0.160 e. The minimum absolute atomic E-state index is 0.709. The van der Waals surface area contributed by atoms with Gasteiger partial charge in [0.05, 0.1) is 11.4 Å². The predicted octanol–water partition coefficient (Wildman–Crippen LogP) is 14.6. The lowest BCUT2D eigenvalue weighted by atomic mass is 9.86. The van der Waals surface area contributed by atoms with Crippen molar-refractivity contribution in [1.82, 2.24) is 9.97 Å². The van der Waals surface area contributed by atoms with E-state index in [1.54, 1.807) is 0 Å². The Morgan fingerprint density at radius 2 is 0.964 bits per heavy atom. The summed E-state index contributed by atoms with van der Waals surface area (Å²) in [6.07, 6.45) is 0. The van der Waals surface area contributed by atoms with Gasteiger partial charge in [-0.05, 0) is 95.5 Å². The normalized spacial score (nSPS) is 11.6. The zero-order valence-electron chi connectivity index (χ0n) is 29.8. The molecule has 0 atom stereocenters. The lowest BCUT2D eigenvalue weighted by Crippen LogP contribution is -1.97. The van der Waals surface area contributed by atoms with Crippen LogP contribution in [0, 0.1) is 0 Å². The number of fused-ring (bicyclic) bond motifs is 6. The molecule has 11 aromatic rings. The van der Waals surface area contributed by atoms with Crippen molar-refractivity contribution in [2.75, 3.05) is 0 Å². The van der Waals surface area contributed by atoms with E-state index in [-0.39, 0.29) is 0 Å². The van der Waals surface area contributed by atoms with Gasteiger partial charge in [0.1, 0.15) is 0 Å². The monoisotopic (exact) mass is 716 g/mol. The van der Waals surface area contributed by atoms with Crippen molar-refractivity contribution in [3.63, 3.8) is 0 Å². The molecule has 0 aliphatic heterocycles. The zero-order chi connectivity index (χ0) is 36.3. The van der Waals surface area contributed by atoms with Crippen LogP contribution in [-0.4, -0.2) is 9.97 Å². The average molecular weight is 717 g/mol. The van der Waals surface area contributed by atoms with Crippen molar-refractivity contribution in [3.05, 3.63) is 194 Å². The second-order valence-electron chi connectivity index (χ2n) is 14.1. The molecular formula is C52H32N2S. The number of hydrogen-bond acceptors (Lipinski definition) is 3. The second-order valence-corrected chi connectivity index (χ2v) is 15.2. The lowest BCUT2D eigenvalue weighted by molar-refractivity contribution is 1.18. The van der Waals surface area contributed by atoms with E-state index >= 15 is 0 Å². The molecule has 11 rings (SSSR count). The molecule has 0 saturated carbocycles. The van der Waals surface area contributed by atoms with Crippen molar-refractivity contribution < 1.29 is 0 Å². The molecule has 0 fully saturated rings. The molecule has 2 aromatic heterocycles. The highest BCUT2D eigenvalue weighted by Crippen LogP contribution is 2.44. The summed E-state index contributed by atoms with van der Waals surface area (Å²) in [6, 6.07) is 69.9. The van der Waals surface area contributed by atoms with Crippen LogP contribution in [0.1, 0.15) is 0 Å². The molecule has 0 bridgehead atoms. The van der Waals surface area contributed by atoms with E-state index in [2.05, 4.69) is 188 Å². The summed E-state index contributed by atoms with van der Waals surface area (Å²) in [5, 5.41) is 11.1. The molecule has 55 heavy (non-hydrogen) atoms. The molecule has 0 aliphatic rings. The van der Waals surface area contributed by atoms with Gasteiger partial charge >= 0.3 is 0 Å². The van der Waals surface area contributed by atoms with Gasteiger partial charge in [-0.1, -0.05) is 164 Å². The van der Waals surface area contributed by atoms with E-state index in [0.29, 0.717) is 5.82 Å². The third-order valence-electron chi connectivity index (χ3n) is 10.9. The predicted molar refractivity (Wildman–Crippen MR) is 235 cm³/mol. The van der Waals surface area contributed by atoms with Gasteiger partial charge < -0.3 is 0 Å². The number of thiophene rings is 1. The SMILES string of the molecule is c1ccc(-c2nc(-c3cccc(-c4cc5ccccc5s4)c3)cc(-c3ccc(-c4c5ccccc5cc5c4ccc4ccccc45)c4ccccc34)n2)cc1. The second kappa shape index (κ2) is 12.9. The molecule has 0 unspecified atom stereocenters. The minimum atomic E-state index is 0.709. The summed E-state index contributed by atoms with van der Waals surface area (Å²) in [5.41, 5.74) is 8.58. The highest BCUT2D eigenvalue weighted by atomic mass is 32.1. The van der Waals surface area contributed by atoms with Crippen LogP contribution >= 0.6 is 11.3 Å². The van der Waals surface area contributed by atoms with Gasteiger partial charge in [0.2, 0.25) is 0 Å². The molecular weight excluding hydrogens is 685 g/mol. The smallest absolute Gasteiger partial charge is 0.160 e. The molecule has 0 amide bonds. The van der Waals surface area contributed by atoms with Gasteiger partial charge in [0, 0.05) is 26.3 Å². The van der Waals surface area contributed by atoms with E-state index in [0.717, 1.165) is 33.5 Å². The quantitative estimate of drug-likeness (QED) is 0.131. The number of nitrogens with zero attached hydrogens (tertiary/aromatic N) is 2. The molecule has 256 valence electrons. The topological polar surface area (TPSA) is 25.8 Å². The number of benzene rings is 9. The van der Waals surface area contributed by atoms with Crippen LogP contribution in [0.3, 0.4) is 0 Å². The maximum absolute atomic E-state index is 5.29. The Balaban J connectivity index is 1.13. The first-order valence-electron chi connectivity index (χ1n) is 18.6. The van der Waals surface area contributed by atoms with Crippen molar-refractivity contribution in [3.8, 4) is 55.5 Å². The van der Waals surface area contributed by atoms with E-state index in [9.17, 15) is 0 Å². The maximum atomic E-state index is 5.29. The Morgan fingerprint density at radius 1 is 0.327 bits per heavy atom. The first kappa shape index (κ1) is 31.6. The summed E-state index contributed by atoms with van der Waals surface area (Å²) >= 11 is 1.82. The fourth-order valence-corrected chi connectivity index (χ4v) is 9.32. The fourth-order valence-electron chi connectivity index (χ4n) is 8.26. The minimum Gasteiger partial charge on any atom is -0.228 e. The van der Waals surface area contributed by atoms with E-state index in [1.165, 1.54) is 69.4 Å². The number of hydrogen-bond donors (Lipinski definition) is 0. The third kappa shape index (κ3) is 5.40. The molecule has 0 N–H and O–H groups in total. The first-order valence-corrected chi connectivity index (χ1v) is 19.5. The Labute approximate surface area is 322 Å². The molecule has 0 radical (unpaired) electrons. The molecule has 2 heterocycles. The summed E-state index contributed by atoms with van der Waals surface area (Å²) in [6.45, 7) is 0. The summed E-state index contributed by atoms with van der Waals surface area (Å²) in [7, 11) is 0. The van der Waals surface area contributed by atoms with Gasteiger partial charge in [-0.15, -0.1) is 11.3 Å². The lowest BCUT2D eigenvalue weighted by Gasteiger charge is -2.17. The standard InChI is InChI=1S/C52H32N2S/c1-2-14-34(15-3-1)52-53-47(36-18-12-19-37(29-36)50-31-38-17-6-11-24-49(38)55-50)32-48(54-52)43-27-28-44(42-23-10-9-22-41(42)43)51-40-21-8-5-16-35(40)30-46-39-20-7-4-13-33(39)25-26-45(46)51/h1-32H. The first-order chi connectivity index (χ1) is 27.2. The van der Waals surface area contributed by atoms with Crippen molar-refractivity contribution >= 4 is 64.5 Å². The Hall–Kier alpha value is -6.94. The van der Waals surface area contributed by atoms with Gasteiger partial charge in [0.25, 0.3) is 0 Å². The molecule has 0 aliphatic carbocycles. The van der Waals surface area contributed by atoms with Gasteiger partial charge in [-0.3, -0.25) is 0 Å². The van der Waals surface area contributed by atoms with Crippen molar-refractivity contribution in [1.29, 1.82) is 0 Å². The van der Waals surface area contributed by atoms with Crippen molar-refractivity contribution in [2.45, 2.75) is 0 Å². The summed E-state index contributed by atoms with van der Waals surface area (Å²) in [4.78, 5) is 11.7. The molecule has 0 saturated heterocycles. The fraction of sp³-hybridized carbons (Fsp3) is 0. The molecule has 3 heteroatoms. The third-order valence-corrected chi connectivity index (χ3v) is 12.0. The summed E-state index contributed by atoms with van der Waals surface area (Å²) < 4.78 is 1.29.